The third-order valence-electron chi connectivity index (χ3n) is 2.42. The van der Waals surface area contributed by atoms with Gasteiger partial charge < -0.3 is 4.74 Å². The van der Waals surface area contributed by atoms with Crippen LogP contribution in [0.25, 0.3) is 10.1 Å². The SMILES string of the molecule is COc1cc(C)c2c(Cl)csc2c1C. The van der Waals surface area contributed by atoms with Crippen LogP contribution < -0.4 is 4.74 Å². The molecule has 14 heavy (non-hydrogen) atoms. The van der Waals surface area contributed by atoms with Crippen LogP contribution in [0.5, 0.6) is 5.75 Å². The molecule has 0 bridgehead atoms. The molecule has 74 valence electrons. The summed E-state index contributed by atoms with van der Waals surface area (Å²) >= 11 is 7.79. The molecule has 0 aliphatic rings. The van der Waals surface area contributed by atoms with Crippen molar-refractivity contribution in [3.05, 3.63) is 27.6 Å². The van der Waals surface area contributed by atoms with Crippen molar-refractivity contribution >= 4 is 33.0 Å². The molecule has 2 rings (SSSR count). The van der Waals surface area contributed by atoms with Gasteiger partial charge in [0.1, 0.15) is 5.75 Å². The van der Waals surface area contributed by atoms with E-state index in [9.17, 15) is 0 Å². The average molecular weight is 227 g/mol. The first-order valence-electron chi connectivity index (χ1n) is 4.36. The van der Waals surface area contributed by atoms with Crippen LogP contribution in [0.3, 0.4) is 0 Å². The highest BCUT2D eigenvalue weighted by Crippen LogP contribution is 2.38. The van der Waals surface area contributed by atoms with Crippen LogP contribution in [0.2, 0.25) is 5.02 Å². The third-order valence-corrected chi connectivity index (χ3v) is 3.95. The highest BCUT2D eigenvalue weighted by molar-refractivity contribution is 7.18. The number of methoxy groups -OCH3 is 1. The second kappa shape index (κ2) is 3.44. The predicted molar refractivity (Wildman–Crippen MR) is 62.9 cm³/mol. The molecule has 0 atom stereocenters. The Labute approximate surface area is 92.3 Å². The lowest BCUT2D eigenvalue weighted by Gasteiger charge is -2.07. The maximum absolute atomic E-state index is 6.11. The fraction of sp³-hybridized carbons (Fsp3) is 0.273. The van der Waals surface area contributed by atoms with Gasteiger partial charge in [-0.2, -0.15) is 0 Å². The maximum atomic E-state index is 6.11. The number of rotatable bonds is 1. The van der Waals surface area contributed by atoms with Crippen LogP contribution in [0.15, 0.2) is 11.4 Å². The van der Waals surface area contributed by atoms with E-state index in [-0.39, 0.29) is 0 Å². The first kappa shape index (κ1) is 9.81. The van der Waals surface area contributed by atoms with Crippen LogP contribution >= 0.6 is 22.9 Å². The Hall–Kier alpha value is -0.730. The predicted octanol–water partition coefficient (Wildman–Crippen LogP) is 4.18. The monoisotopic (exact) mass is 226 g/mol. The van der Waals surface area contributed by atoms with E-state index in [2.05, 4.69) is 13.8 Å². The quantitative estimate of drug-likeness (QED) is 0.709. The van der Waals surface area contributed by atoms with Gasteiger partial charge in [-0.15, -0.1) is 11.3 Å². The zero-order valence-corrected chi connectivity index (χ0v) is 9.92. The molecule has 1 nitrogen and oxygen atoms in total. The van der Waals surface area contributed by atoms with Gasteiger partial charge in [0.25, 0.3) is 0 Å². The van der Waals surface area contributed by atoms with Crippen molar-refractivity contribution in [2.24, 2.45) is 0 Å². The molecule has 1 aromatic heterocycles. The molecule has 0 fully saturated rings. The van der Waals surface area contributed by atoms with E-state index in [1.54, 1.807) is 18.4 Å². The average Bonchev–Trinajstić information content (AvgIpc) is 2.54. The molecule has 0 aliphatic heterocycles. The van der Waals surface area contributed by atoms with Gasteiger partial charge in [0, 0.05) is 21.0 Å². The minimum Gasteiger partial charge on any atom is -0.496 e. The van der Waals surface area contributed by atoms with E-state index < -0.39 is 0 Å². The Morgan fingerprint density at radius 1 is 1.36 bits per heavy atom. The standard InChI is InChI=1S/C11H11ClOS/c1-6-4-9(13-3)7(2)11-10(6)8(12)5-14-11/h4-5H,1-3H3. The van der Waals surface area contributed by atoms with Crippen LogP contribution in [0, 0.1) is 13.8 Å². The molecule has 2 aromatic rings. The molecule has 0 amide bonds. The lowest BCUT2D eigenvalue weighted by atomic mass is 10.1. The van der Waals surface area contributed by atoms with Gasteiger partial charge in [0.2, 0.25) is 0 Å². The molecule has 0 radical (unpaired) electrons. The molecular weight excluding hydrogens is 216 g/mol. The van der Waals surface area contributed by atoms with Gasteiger partial charge in [-0.3, -0.25) is 0 Å². The Balaban J connectivity index is 2.89. The highest BCUT2D eigenvalue weighted by atomic mass is 35.5. The Bertz CT molecular complexity index is 487. The zero-order valence-electron chi connectivity index (χ0n) is 8.35. The minimum absolute atomic E-state index is 0.841. The van der Waals surface area contributed by atoms with E-state index in [0.717, 1.165) is 16.2 Å². The molecule has 0 saturated carbocycles. The van der Waals surface area contributed by atoms with Gasteiger partial charge in [-0.25, -0.2) is 0 Å². The van der Waals surface area contributed by atoms with Gasteiger partial charge >= 0.3 is 0 Å². The van der Waals surface area contributed by atoms with Crippen molar-refractivity contribution in [3.63, 3.8) is 0 Å². The van der Waals surface area contributed by atoms with Crippen molar-refractivity contribution in [1.29, 1.82) is 0 Å². The van der Waals surface area contributed by atoms with E-state index in [4.69, 9.17) is 16.3 Å². The van der Waals surface area contributed by atoms with Crippen molar-refractivity contribution in [3.8, 4) is 5.75 Å². The number of aryl methyl sites for hydroxylation is 2. The number of fused-ring (bicyclic) bond motifs is 1. The van der Waals surface area contributed by atoms with Crippen LogP contribution in [-0.2, 0) is 0 Å². The van der Waals surface area contributed by atoms with Gasteiger partial charge in [0.15, 0.2) is 0 Å². The number of halogens is 1. The topological polar surface area (TPSA) is 9.23 Å². The Kier molecular flexibility index (Phi) is 2.41. The molecule has 0 N–H and O–H groups in total. The first-order chi connectivity index (χ1) is 6.65. The third kappa shape index (κ3) is 1.30. The summed E-state index contributed by atoms with van der Waals surface area (Å²) in [6.45, 7) is 4.12. The molecule has 0 saturated heterocycles. The smallest absolute Gasteiger partial charge is 0.123 e. The van der Waals surface area contributed by atoms with E-state index in [1.807, 2.05) is 11.4 Å². The summed E-state index contributed by atoms with van der Waals surface area (Å²) in [4.78, 5) is 0. The number of benzene rings is 1. The van der Waals surface area contributed by atoms with Crippen LogP contribution in [0.4, 0.5) is 0 Å². The second-order valence-electron chi connectivity index (χ2n) is 3.31. The molecular formula is C11H11ClOS. The molecule has 1 aromatic carbocycles. The van der Waals surface area contributed by atoms with Crippen molar-refractivity contribution in [2.45, 2.75) is 13.8 Å². The molecule has 0 aliphatic carbocycles. The first-order valence-corrected chi connectivity index (χ1v) is 5.61. The largest absolute Gasteiger partial charge is 0.496 e. The number of ether oxygens (including phenoxy) is 1. The highest BCUT2D eigenvalue weighted by Gasteiger charge is 2.11. The van der Waals surface area contributed by atoms with Crippen molar-refractivity contribution < 1.29 is 4.74 Å². The summed E-state index contributed by atoms with van der Waals surface area (Å²) in [5, 5.41) is 3.98. The van der Waals surface area contributed by atoms with Gasteiger partial charge in [0.05, 0.1) is 12.1 Å². The van der Waals surface area contributed by atoms with Crippen molar-refractivity contribution in [2.75, 3.05) is 7.11 Å². The lowest BCUT2D eigenvalue weighted by molar-refractivity contribution is 0.412. The summed E-state index contributed by atoms with van der Waals surface area (Å²) in [5.41, 5.74) is 2.35. The number of hydrogen-bond donors (Lipinski definition) is 0. The number of thiophene rings is 1. The summed E-state index contributed by atoms with van der Waals surface area (Å²) in [5.74, 6) is 0.938. The van der Waals surface area contributed by atoms with Gasteiger partial charge in [-0.1, -0.05) is 11.6 Å². The molecule has 0 unspecified atom stereocenters. The molecule has 0 spiro atoms. The Morgan fingerprint density at radius 3 is 2.71 bits per heavy atom. The summed E-state index contributed by atoms with van der Waals surface area (Å²) in [7, 11) is 1.70. The van der Waals surface area contributed by atoms with Crippen LogP contribution in [0.1, 0.15) is 11.1 Å². The van der Waals surface area contributed by atoms with E-state index >= 15 is 0 Å². The molecule has 3 heteroatoms. The van der Waals surface area contributed by atoms with E-state index in [0.29, 0.717) is 0 Å². The fourth-order valence-corrected chi connectivity index (χ4v) is 3.12. The Morgan fingerprint density at radius 2 is 2.07 bits per heavy atom. The fourth-order valence-electron chi connectivity index (χ4n) is 1.68. The number of hydrogen-bond acceptors (Lipinski definition) is 2. The van der Waals surface area contributed by atoms with E-state index in [1.165, 1.54) is 15.8 Å². The summed E-state index contributed by atoms with van der Waals surface area (Å²) < 4.78 is 6.54. The summed E-state index contributed by atoms with van der Waals surface area (Å²) in [6.07, 6.45) is 0. The zero-order chi connectivity index (χ0) is 10.3. The molecule has 1 heterocycles. The second-order valence-corrected chi connectivity index (χ2v) is 4.60. The lowest BCUT2D eigenvalue weighted by Crippen LogP contribution is -1.88. The minimum atomic E-state index is 0.841. The normalized spacial score (nSPS) is 10.9. The summed E-state index contributed by atoms with van der Waals surface area (Å²) in [6, 6.07) is 2.04. The van der Waals surface area contributed by atoms with Gasteiger partial charge in [-0.05, 0) is 25.5 Å². The van der Waals surface area contributed by atoms with Crippen molar-refractivity contribution in [1.82, 2.24) is 0 Å². The maximum Gasteiger partial charge on any atom is 0.123 e. The van der Waals surface area contributed by atoms with Crippen LogP contribution in [-0.4, -0.2) is 7.11 Å².